The van der Waals surface area contributed by atoms with E-state index in [9.17, 15) is 13.6 Å². The molecule has 2 heterocycles. The summed E-state index contributed by atoms with van der Waals surface area (Å²) < 4.78 is 36.0. The topological polar surface area (TPSA) is 104 Å². The summed E-state index contributed by atoms with van der Waals surface area (Å²) in [6.07, 6.45) is 1.33. The third-order valence-corrected chi connectivity index (χ3v) is 3.78. The van der Waals surface area contributed by atoms with Crippen molar-refractivity contribution in [1.29, 1.82) is 0 Å². The van der Waals surface area contributed by atoms with E-state index < -0.39 is 18.6 Å². The SMILES string of the molecule is COc1cc([C@H]2C(C(N)=O)=C(C)Nc3ncnn32)ccc1OC(F)F. The minimum Gasteiger partial charge on any atom is -0.493 e. The smallest absolute Gasteiger partial charge is 0.387 e. The molecular formula is C15H15F2N5O3. The summed E-state index contributed by atoms with van der Waals surface area (Å²) in [7, 11) is 1.33. The molecule has 8 nitrogen and oxygen atoms in total. The van der Waals surface area contributed by atoms with E-state index in [-0.39, 0.29) is 17.1 Å². The number of alkyl halides is 2. The van der Waals surface area contributed by atoms with Crippen LogP contribution in [0, 0.1) is 0 Å². The van der Waals surface area contributed by atoms with Crippen LogP contribution in [0.25, 0.3) is 0 Å². The number of carbonyl (C=O) groups is 1. The summed E-state index contributed by atoms with van der Waals surface area (Å²) in [6.45, 7) is -1.29. The molecule has 3 N–H and O–H groups in total. The van der Waals surface area contributed by atoms with Crippen LogP contribution in [0.1, 0.15) is 18.5 Å². The van der Waals surface area contributed by atoms with Gasteiger partial charge in [-0.05, 0) is 24.6 Å². The van der Waals surface area contributed by atoms with Gasteiger partial charge in [-0.2, -0.15) is 18.9 Å². The standard InChI is InChI=1S/C15H15F2N5O3/c1-7-11(13(18)23)12(22-15(21-7)19-6-20-22)8-3-4-9(25-14(16)17)10(5-8)24-2/h3-6,12,14H,1-2H3,(H2,18,23)(H,19,20,21)/t12-/m0/s1. The average Bonchev–Trinajstić information content (AvgIpc) is 3.01. The second kappa shape index (κ2) is 6.38. The van der Waals surface area contributed by atoms with Crippen LogP contribution in [-0.2, 0) is 4.79 Å². The fraction of sp³-hybridized carbons (Fsp3) is 0.267. The molecule has 0 saturated heterocycles. The predicted molar refractivity (Wildman–Crippen MR) is 83.3 cm³/mol. The summed E-state index contributed by atoms with van der Waals surface area (Å²) in [5.74, 6) is -0.225. The number of primary amides is 1. The largest absolute Gasteiger partial charge is 0.493 e. The van der Waals surface area contributed by atoms with Crippen molar-refractivity contribution in [3.05, 3.63) is 41.4 Å². The van der Waals surface area contributed by atoms with Crippen molar-refractivity contribution < 1.29 is 23.0 Å². The monoisotopic (exact) mass is 351 g/mol. The molecule has 0 spiro atoms. The minimum absolute atomic E-state index is 0.0967. The molecule has 0 aliphatic carbocycles. The molecule has 1 aromatic heterocycles. The fourth-order valence-electron chi connectivity index (χ4n) is 2.77. The normalized spacial score (nSPS) is 16.4. The Morgan fingerprint density at radius 2 is 2.16 bits per heavy atom. The molecule has 0 saturated carbocycles. The van der Waals surface area contributed by atoms with E-state index in [1.165, 1.54) is 36.3 Å². The van der Waals surface area contributed by atoms with Crippen LogP contribution in [0.3, 0.4) is 0 Å². The van der Waals surface area contributed by atoms with E-state index in [2.05, 4.69) is 20.1 Å². The lowest BCUT2D eigenvalue weighted by atomic mass is 9.95. The van der Waals surface area contributed by atoms with Gasteiger partial charge >= 0.3 is 6.61 Å². The van der Waals surface area contributed by atoms with Crippen LogP contribution in [-0.4, -0.2) is 34.4 Å². The number of allylic oxidation sites excluding steroid dienone is 1. The van der Waals surface area contributed by atoms with Crippen molar-refractivity contribution >= 4 is 11.9 Å². The Labute approximate surface area is 141 Å². The second-order valence-corrected chi connectivity index (χ2v) is 5.25. The van der Waals surface area contributed by atoms with Crippen molar-refractivity contribution in [2.45, 2.75) is 19.6 Å². The number of ether oxygens (including phenoxy) is 2. The number of hydrogen-bond donors (Lipinski definition) is 2. The Balaban J connectivity index is 2.12. The van der Waals surface area contributed by atoms with Crippen molar-refractivity contribution in [2.75, 3.05) is 12.4 Å². The first kappa shape index (κ1) is 16.7. The van der Waals surface area contributed by atoms with Crippen molar-refractivity contribution in [2.24, 2.45) is 5.73 Å². The molecule has 1 aromatic carbocycles. The minimum atomic E-state index is -2.98. The number of aromatic nitrogens is 3. The lowest BCUT2D eigenvalue weighted by molar-refractivity contribution is -0.115. The maximum atomic E-state index is 12.5. The van der Waals surface area contributed by atoms with E-state index in [1.807, 2.05) is 0 Å². The van der Waals surface area contributed by atoms with Crippen LogP contribution in [0.15, 0.2) is 35.8 Å². The fourth-order valence-corrected chi connectivity index (χ4v) is 2.77. The van der Waals surface area contributed by atoms with Gasteiger partial charge in [0.2, 0.25) is 11.9 Å². The Hall–Kier alpha value is -3.17. The molecule has 25 heavy (non-hydrogen) atoms. The molecule has 1 amide bonds. The van der Waals surface area contributed by atoms with Crippen molar-refractivity contribution in [3.8, 4) is 11.5 Å². The molecular weight excluding hydrogens is 336 g/mol. The Kier molecular flexibility index (Phi) is 4.26. The number of nitrogens with two attached hydrogens (primary N) is 1. The summed E-state index contributed by atoms with van der Waals surface area (Å²) in [6, 6.07) is 3.70. The first-order valence-electron chi connectivity index (χ1n) is 7.22. The van der Waals surface area contributed by atoms with Crippen LogP contribution in [0.2, 0.25) is 0 Å². The summed E-state index contributed by atoms with van der Waals surface area (Å²) in [4.78, 5) is 16.0. The van der Waals surface area contributed by atoms with Crippen LogP contribution in [0.5, 0.6) is 11.5 Å². The van der Waals surface area contributed by atoms with Gasteiger partial charge in [0.25, 0.3) is 0 Å². The van der Waals surface area contributed by atoms with Gasteiger partial charge < -0.3 is 20.5 Å². The van der Waals surface area contributed by atoms with Gasteiger partial charge in [0.1, 0.15) is 12.4 Å². The quantitative estimate of drug-likeness (QED) is 0.849. The highest BCUT2D eigenvalue weighted by atomic mass is 19.3. The molecule has 0 fully saturated rings. The van der Waals surface area contributed by atoms with E-state index in [0.29, 0.717) is 17.2 Å². The maximum Gasteiger partial charge on any atom is 0.387 e. The van der Waals surface area contributed by atoms with Crippen LogP contribution < -0.4 is 20.5 Å². The number of anilines is 1. The number of carbonyl (C=O) groups excluding carboxylic acids is 1. The Morgan fingerprint density at radius 1 is 1.40 bits per heavy atom. The third-order valence-electron chi connectivity index (χ3n) is 3.78. The van der Waals surface area contributed by atoms with Crippen molar-refractivity contribution in [3.63, 3.8) is 0 Å². The highest BCUT2D eigenvalue weighted by Crippen LogP contribution is 2.38. The number of benzene rings is 1. The van der Waals surface area contributed by atoms with Crippen LogP contribution >= 0.6 is 0 Å². The number of methoxy groups -OCH3 is 1. The first-order chi connectivity index (χ1) is 11.9. The molecule has 0 unspecified atom stereocenters. The predicted octanol–water partition coefficient (Wildman–Crippen LogP) is 1.66. The van der Waals surface area contributed by atoms with Gasteiger partial charge in [0, 0.05) is 5.70 Å². The van der Waals surface area contributed by atoms with Crippen molar-refractivity contribution in [1.82, 2.24) is 14.8 Å². The average molecular weight is 351 g/mol. The summed E-state index contributed by atoms with van der Waals surface area (Å²) in [5.41, 5.74) is 6.89. The van der Waals surface area contributed by atoms with Gasteiger partial charge in [-0.3, -0.25) is 4.79 Å². The zero-order valence-electron chi connectivity index (χ0n) is 13.4. The second-order valence-electron chi connectivity index (χ2n) is 5.25. The number of halogens is 2. The highest BCUT2D eigenvalue weighted by molar-refractivity contribution is 5.95. The molecule has 10 heteroatoms. The van der Waals surface area contributed by atoms with Gasteiger partial charge in [0.15, 0.2) is 11.5 Å². The number of amides is 1. The first-order valence-corrected chi connectivity index (χ1v) is 7.22. The molecule has 132 valence electrons. The molecule has 1 aliphatic rings. The zero-order valence-corrected chi connectivity index (χ0v) is 13.4. The summed E-state index contributed by atoms with van der Waals surface area (Å²) in [5, 5.41) is 7.07. The van der Waals surface area contributed by atoms with Gasteiger partial charge in [-0.1, -0.05) is 6.07 Å². The van der Waals surface area contributed by atoms with E-state index in [4.69, 9.17) is 10.5 Å². The van der Waals surface area contributed by atoms with Gasteiger partial charge in [-0.25, -0.2) is 4.68 Å². The van der Waals surface area contributed by atoms with Gasteiger partial charge in [0.05, 0.1) is 12.7 Å². The van der Waals surface area contributed by atoms with E-state index in [1.54, 1.807) is 6.92 Å². The Bertz CT molecular complexity index is 849. The number of nitrogens with zero attached hydrogens (tertiary/aromatic N) is 3. The van der Waals surface area contributed by atoms with Gasteiger partial charge in [-0.15, -0.1) is 0 Å². The number of rotatable bonds is 5. The van der Waals surface area contributed by atoms with E-state index >= 15 is 0 Å². The van der Waals surface area contributed by atoms with E-state index in [0.717, 1.165) is 0 Å². The zero-order chi connectivity index (χ0) is 18.1. The van der Waals surface area contributed by atoms with Crippen LogP contribution in [0.4, 0.5) is 14.7 Å². The molecule has 3 rings (SSSR count). The summed E-state index contributed by atoms with van der Waals surface area (Å²) >= 11 is 0. The third kappa shape index (κ3) is 2.97. The Morgan fingerprint density at radius 3 is 2.80 bits per heavy atom. The number of fused-ring (bicyclic) bond motifs is 1. The number of hydrogen-bond acceptors (Lipinski definition) is 6. The molecule has 1 aliphatic heterocycles. The highest BCUT2D eigenvalue weighted by Gasteiger charge is 2.32. The molecule has 2 aromatic rings. The molecule has 0 bridgehead atoms. The maximum absolute atomic E-state index is 12.5. The number of nitrogens with one attached hydrogen (secondary N) is 1. The molecule has 1 atom stereocenters. The lowest BCUT2D eigenvalue weighted by Gasteiger charge is -2.28. The molecule has 0 radical (unpaired) electrons. The lowest BCUT2D eigenvalue weighted by Crippen LogP contribution is -2.31.